The fraction of sp³-hybridized carbons (Fsp3) is 0.652. The van der Waals surface area contributed by atoms with Gasteiger partial charge < -0.3 is 0 Å². The lowest BCUT2D eigenvalue weighted by Gasteiger charge is -2.20. The normalized spacial score (nSPS) is 20.4. The average molecular weight is 399 g/mol. The van der Waals surface area contributed by atoms with Crippen LogP contribution in [0.2, 0.25) is 5.82 Å². The first kappa shape index (κ1) is 23.1. The number of hydrogen-bond acceptors (Lipinski definition) is 3. The summed E-state index contributed by atoms with van der Waals surface area (Å²) >= 11 is 1.70. The minimum atomic E-state index is -0.240. The molecule has 28 heavy (non-hydrogen) atoms. The number of unbranched alkanes of at least 4 members (excludes halogenated alkanes) is 2. The molecule has 0 aromatic heterocycles. The van der Waals surface area contributed by atoms with Gasteiger partial charge in [0.15, 0.2) is 0 Å². The molecule has 2 radical (unpaired) electrons. The van der Waals surface area contributed by atoms with Gasteiger partial charge >= 0.3 is 0 Å². The van der Waals surface area contributed by atoms with Crippen LogP contribution < -0.4 is 4.90 Å². The van der Waals surface area contributed by atoms with Crippen LogP contribution in [0.1, 0.15) is 84.1 Å². The topological polar surface area (TPSA) is 37.4 Å². The molecule has 1 aromatic carbocycles. The van der Waals surface area contributed by atoms with E-state index in [2.05, 4.69) is 20.8 Å². The van der Waals surface area contributed by atoms with Crippen LogP contribution in [0.25, 0.3) is 0 Å². The van der Waals surface area contributed by atoms with E-state index >= 15 is 0 Å². The van der Waals surface area contributed by atoms with Crippen molar-refractivity contribution >= 4 is 37.1 Å². The zero-order valence-corrected chi connectivity index (χ0v) is 18.6. The lowest BCUT2D eigenvalue weighted by atomic mass is 9.80. The molecule has 1 saturated heterocycles. The molecule has 152 valence electrons. The molecule has 1 aromatic rings. The predicted molar refractivity (Wildman–Crippen MR) is 121 cm³/mol. The summed E-state index contributed by atoms with van der Waals surface area (Å²) in [6, 6.07) is 7.83. The van der Waals surface area contributed by atoms with E-state index in [0.29, 0.717) is 23.3 Å². The monoisotopic (exact) mass is 399 g/mol. The molecule has 1 aliphatic heterocycles. The van der Waals surface area contributed by atoms with E-state index in [-0.39, 0.29) is 22.9 Å². The van der Waals surface area contributed by atoms with Gasteiger partial charge in [0, 0.05) is 11.7 Å². The van der Waals surface area contributed by atoms with Crippen molar-refractivity contribution in [3.63, 3.8) is 0 Å². The Morgan fingerprint density at radius 1 is 1.14 bits per heavy atom. The lowest BCUT2D eigenvalue weighted by Crippen LogP contribution is -2.31. The SMILES string of the molecule is [B]C(C)CC(C)c1ccc(N2C(=O)CC(SC(CC)CCCCC)C2=O)cc1. The Hall–Kier alpha value is -1.23. The first-order chi connectivity index (χ1) is 13.4. The third-order valence-corrected chi connectivity index (χ3v) is 7.14. The Bertz CT molecular complexity index is 647. The molecule has 0 aliphatic carbocycles. The van der Waals surface area contributed by atoms with Gasteiger partial charge in [-0.05, 0) is 36.5 Å². The quantitative estimate of drug-likeness (QED) is 0.265. The predicted octanol–water partition coefficient (Wildman–Crippen LogP) is 5.88. The van der Waals surface area contributed by atoms with Gasteiger partial charge in [-0.25, -0.2) is 4.90 Å². The van der Waals surface area contributed by atoms with Gasteiger partial charge in [-0.2, -0.15) is 0 Å². The third-order valence-electron chi connectivity index (χ3n) is 5.49. The Kier molecular flexibility index (Phi) is 9.13. The second-order valence-electron chi connectivity index (χ2n) is 8.13. The fourth-order valence-corrected chi connectivity index (χ4v) is 5.27. The van der Waals surface area contributed by atoms with E-state index in [1.165, 1.54) is 29.7 Å². The number of hydrogen-bond donors (Lipinski definition) is 0. The first-order valence-electron chi connectivity index (χ1n) is 10.7. The van der Waals surface area contributed by atoms with E-state index in [9.17, 15) is 9.59 Å². The van der Waals surface area contributed by atoms with Gasteiger partial charge in [-0.1, -0.05) is 71.3 Å². The smallest absolute Gasteiger partial charge is 0.247 e. The Balaban J connectivity index is 2.02. The molecule has 4 unspecified atom stereocenters. The minimum Gasteiger partial charge on any atom is -0.274 e. The molecule has 5 heteroatoms. The molecule has 0 saturated carbocycles. The summed E-state index contributed by atoms with van der Waals surface area (Å²) in [5.41, 5.74) is 1.88. The minimum absolute atomic E-state index is 0.0553. The Morgan fingerprint density at radius 2 is 1.82 bits per heavy atom. The highest BCUT2D eigenvalue weighted by molar-refractivity contribution is 8.01. The van der Waals surface area contributed by atoms with Crippen LogP contribution in [-0.2, 0) is 9.59 Å². The van der Waals surface area contributed by atoms with Crippen molar-refractivity contribution in [3.8, 4) is 0 Å². The molecule has 0 bridgehead atoms. The van der Waals surface area contributed by atoms with E-state index in [1.807, 2.05) is 31.2 Å². The number of rotatable bonds is 11. The van der Waals surface area contributed by atoms with E-state index in [4.69, 9.17) is 7.85 Å². The lowest BCUT2D eigenvalue weighted by molar-refractivity contribution is -0.121. The fourth-order valence-electron chi connectivity index (χ4n) is 3.85. The number of carbonyl (C=O) groups excluding carboxylic acids is 2. The highest BCUT2D eigenvalue weighted by Gasteiger charge is 2.40. The molecular weight excluding hydrogens is 365 g/mol. The van der Waals surface area contributed by atoms with Crippen molar-refractivity contribution in [1.82, 2.24) is 0 Å². The van der Waals surface area contributed by atoms with Crippen LogP contribution in [-0.4, -0.2) is 30.2 Å². The summed E-state index contributed by atoms with van der Waals surface area (Å²) in [5, 5.41) is 0.213. The second kappa shape index (κ2) is 11.1. The number of anilines is 1. The standard InChI is InChI=1S/C23H34BNO2S/c1-5-7-8-9-20(6-2)28-21-15-22(26)25(23(21)27)19-12-10-18(11-13-19)16(3)14-17(4)24/h10-13,16-17,20-21H,5-9,14-15H2,1-4H3. The van der Waals surface area contributed by atoms with Crippen molar-refractivity contribution in [2.24, 2.45) is 0 Å². The molecule has 1 heterocycles. The molecule has 4 atom stereocenters. The van der Waals surface area contributed by atoms with Gasteiger partial charge in [0.1, 0.15) is 0 Å². The molecule has 2 amide bonds. The molecule has 1 aliphatic rings. The maximum Gasteiger partial charge on any atom is 0.247 e. The average Bonchev–Trinajstić information content (AvgIpc) is 2.94. The van der Waals surface area contributed by atoms with Crippen molar-refractivity contribution in [1.29, 1.82) is 0 Å². The third kappa shape index (κ3) is 6.14. The van der Waals surface area contributed by atoms with Gasteiger partial charge in [0.25, 0.3) is 0 Å². The molecule has 0 spiro atoms. The number of thioether (sulfide) groups is 1. The van der Waals surface area contributed by atoms with Crippen molar-refractivity contribution in [3.05, 3.63) is 29.8 Å². The second-order valence-corrected chi connectivity index (χ2v) is 9.64. The van der Waals surface area contributed by atoms with E-state index < -0.39 is 0 Å². The molecule has 2 rings (SSSR count). The van der Waals surface area contributed by atoms with Crippen LogP contribution in [0, 0.1) is 0 Å². The van der Waals surface area contributed by atoms with E-state index in [0.717, 1.165) is 19.3 Å². The van der Waals surface area contributed by atoms with Crippen LogP contribution in [0.3, 0.4) is 0 Å². The zero-order chi connectivity index (χ0) is 20.7. The summed E-state index contributed by atoms with van der Waals surface area (Å²) in [7, 11) is 5.90. The number of carbonyl (C=O) groups is 2. The molecule has 3 nitrogen and oxygen atoms in total. The van der Waals surface area contributed by atoms with Crippen LogP contribution in [0.5, 0.6) is 0 Å². The van der Waals surface area contributed by atoms with Crippen LogP contribution in [0.4, 0.5) is 5.69 Å². The highest BCUT2D eigenvalue weighted by atomic mass is 32.2. The number of benzene rings is 1. The van der Waals surface area contributed by atoms with Gasteiger partial charge in [0.2, 0.25) is 11.8 Å². The van der Waals surface area contributed by atoms with Crippen LogP contribution >= 0.6 is 11.8 Å². The van der Waals surface area contributed by atoms with Gasteiger partial charge in [0.05, 0.1) is 18.8 Å². The largest absolute Gasteiger partial charge is 0.274 e. The Morgan fingerprint density at radius 3 is 2.39 bits per heavy atom. The maximum atomic E-state index is 12.9. The Labute approximate surface area is 176 Å². The summed E-state index contributed by atoms with van der Waals surface area (Å²) in [4.78, 5) is 26.9. The van der Waals surface area contributed by atoms with E-state index in [1.54, 1.807) is 11.8 Å². The number of amides is 2. The molecular formula is C23H34BNO2S. The summed E-state index contributed by atoms with van der Waals surface area (Å²) < 4.78 is 0. The zero-order valence-electron chi connectivity index (χ0n) is 17.8. The van der Waals surface area contributed by atoms with Gasteiger partial charge in [-0.3, -0.25) is 9.59 Å². The van der Waals surface area contributed by atoms with Crippen LogP contribution in [0.15, 0.2) is 24.3 Å². The van der Waals surface area contributed by atoms with Crippen molar-refractivity contribution < 1.29 is 9.59 Å². The first-order valence-corrected chi connectivity index (χ1v) is 11.7. The molecule has 0 N–H and O–H groups in total. The maximum absolute atomic E-state index is 12.9. The summed E-state index contributed by atoms with van der Waals surface area (Å²) in [6.45, 7) is 8.54. The number of nitrogens with zero attached hydrogens (tertiary/aromatic N) is 1. The number of imide groups is 1. The summed E-state index contributed by atoms with van der Waals surface area (Å²) in [5.74, 6) is 0.372. The van der Waals surface area contributed by atoms with Crippen molar-refractivity contribution in [2.45, 2.75) is 94.9 Å². The van der Waals surface area contributed by atoms with Crippen molar-refractivity contribution in [2.75, 3.05) is 4.90 Å². The highest BCUT2D eigenvalue weighted by Crippen LogP contribution is 2.35. The summed E-state index contributed by atoms with van der Waals surface area (Å²) in [6.07, 6.45) is 7.02. The molecule has 1 fully saturated rings. The van der Waals surface area contributed by atoms with Gasteiger partial charge in [-0.15, -0.1) is 11.8 Å².